The number of hydrogen-bond acceptors (Lipinski definition) is 8. The highest BCUT2D eigenvalue weighted by Crippen LogP contribution is 2.31. The summed E-state index contributed by atoms with van der Waals surface area (Å²) in [4.78, 5) is 22.9. The van der Waals surface area contributed by atoms with Gasteiger partial charge in [0.05, 0.1) is 34.6 Å². The van der Waals surface area contributed by atoms with Crippen LogP contribution < -0.4 is 15.4 Å². The van der Waals surface area contributed by atoms with Crippen molar-refractivity contribution >= 4 is 45.2 Å². The van der Waals surface area contributed by atoms with E-state index in [9.17, 15) is 23.1 Å². The van der Waals surface area contributed by atoms with Crippen molar-refractivity contribution in [3.8, 4) is 11.5 Å². The molecular weight excluding hydrogens is 452 g/mol. The average molecular weight is 470 g/mol. The van der Waals surface area contributed by atoms with E-state index < -0.39 is 16.1 Å². The van der Waals surface area contributed by atoms with Crippen molar-refractivity contribution in [3.63, 3.8) is 0 Å². The Bertz CT molecular complexity index is 1340. The zero-order valence-corrected chi connectivity index (χ0v) is 17.9. The fraction of sp³-hybridized carbons (Fsp3) is 0.0476. The molecule has 3 rings (SSSR count). The third kappa shape index (κ3) is 6.12. The van der Waals surface area contributed by atoms with E-state index in [1.54, 1.807) is 6.07 Å². The van der Waals surface area contributed by atoms with Crippen molar-refractivity contribution in [2.45, 2.75) is 4.90 Å². The highest BCUT2D eigenvalue weighted by Gasteiger charge is 2.11. The van der Waals surface area contributed by atoms with E-state index in [2.05, 4.69) is 20.9 Å². The molecule has 0 fully saturated rings. The lowest BCUT2D eigenvalue weighted by molar-refractivity contribution is 0.112. The molecule has 170 valence electrons. The van der Waals surface area contributed by atoms with Crippen molar-refractivity contribution in [1.82, 2.24) is 0 Å². The molecule has 33 heavy (non-hydrogen) atoms. The van der Waals surface area contributed by atoms with Crippen molar-refractivity contribution in [2.24, 2.45) is 10.2 Å². The summed E-state index contributed by atoms with van der Waals surface area (Å²) in [5.74, 6) is 0.0691. The van der Waals surface area contributed by atoms with Crippen LogP contribution in [-0.2, 0) is 10.1 Å². The fourth-order valence-electron chi connectivity index (χ4n) is 2.68. The first-order valence-corrected chi connectivity index (χ1v) is 10.7. The minimum Gasteiger partial charge on any atom is -0.507 e. The van der Waals surface area contributed by atoms with Crippen LogP contribution in [0, 0.1) is 0 Å². The Kier molecular flexibility index (Phi) is 7.00. The Hall–Kier alpha value is -4.29. The van der Waals surface area contributed by atoms with Crippen molar-refractivity contribution < 1.29 is 32.4 Å². The summed E-state index contributed by atoms with van der Waals surface area (Å²) >= 11 is 0. The van der Waals surface area contributed by atoms with E-state index in [0.717, 1.165) is 6.07 Å². The molecule has 2 amide bonds. The molecular formula is C21H18N4O7S. The number of anilines is 2. The average Bonchev–Trinajstić information content (AvgIpc) is 2.79. The highest BCUT2D eigenvalue weighted by molar-refractivity contribution is 7.85. The molecule has 11 nitrogen and oxygen atoms in total. The van der Waals surface area contributed by atoms with Gasteiger partial charge in [0.15, 0.2) is 6.29 Å². The quantitative estimate of drug-likeness (QED) is 0.170. The predicted molar refractivity (Wildman–Crippen MR) is 120 cm³/mol. The standard InChI is InChI=1S/C21H18N4O7S/c1-32-20-11-16(25-24-15-3-2-4-17(10-15)33(29,30)31)5-7-18(20)23-21(28)22-14-6-8-19(27)13(9-14)12-26/h2-12,27H,1H3,(H2,22,23,28)(H,29,30,31). The van der Waals surface area contributed by atoms with E-state index in [4.69, 9.17) is 9.29 Å². The molecule has 12 heteroatoms. The number of rotatable bonds is 7. The second-order valence-electron chi connectivity index (χ2n) is 6.53. The number of carbonyl (C=O) groups excluding carboxylic acids is 2. The number of nitrogens with one attached hydrogen (secondary N) is 2. The van der Waals surface area contributed by atoms with E-state index >= 15 is 0 Å². The van der Waals surface area contributed by atoms with Gasteiger partial charge in [-0.05, 0) is 48.5 Å². The zero-order chi connectivity index (χ0) is 24.0. The number of phenols is 1. The third-order valence-corrected chi connectivity index (χ3v) is 5.09. The van der Waals surface area contributed by atoms with Crippen molar-refractivity contribution in [2.75, 3.05) is 17.7 Å². The van der Waals surface area contributed by atoms with Gasteiger partial charge >= 0.3 is 6.03 Å². The van der Waals surface area contributed by atoms with Crippen molar-refractivity contribution in [1.29, 1.82) is 0 Å². The monoisotopic (exact) mass is 470 g/mol. The molecule has 0 saturated heterocycles. The van der Waals surface area contributed by atoms with E-state index in [1.807, 2.05) is 0 Å². The summed E-state index contributed by atoms with van der Waals surface area (Å²) in [7, 11) is -2.97. The zero-order valence-electron chi connectivity index (χ0n) is 17.1. The van der Waals surface area contributed by atoms with Gasteiger partial charge in [0.2, 0.25) is 0 Å². The van der Waals surface area contributed by atoms with Crippen molar-refractivity contribution in [3.05, 3.63) is 66.2 Å². The lowest BCUT2D eigenvalue weighted by atomic mass is 10.2. The van der Waals surface area contributed by atoms with Crippen LogP contribution in [-0.4, -0.2) is 37.5 Å². The Morgan fingerprint density at radius 3 is 2.39 bits per heavy atom. The Balaban J connectivity index is 1.74. The summed E-state index contributed by atoms with van der Waals surface area (Å²) in [6.45, 7) is 0. The molecule has 0 aliphatic carbocycles. The summed E-state index contributed by atoms with van der Waals surface area (Å²) < 4.78 is 36.9. The minimum absolute atomic E-state index is 0.0298. The molecule has 0 bridgehead atoms. The second kappa shape index (κ2) is 9.89. The number of benzene rings is 3. The maximum Gasteiger partial charge on any atom is 0.323 e. The summed E-state index contributed by atoms with van der Waals surface area (Å²) in [6, 6.07) is 13.3. The molecule has 0 radical (unpaired) electrons. The van der Waals surface area contributed by atoms with Crippen LogP contribution >= 0.6 is 0 Å². The van der Waals surface area contributed by atoms with E-state index in [-0.39, 0.29) is 27.6 Å². The molecule has 0 aliphatic heterocycles. The predicted octanol–water partition coefficient (Wildman–Crippen LogP) is 4.52. The van der Waals surface area contributed by atoms with Crippen LogP contribution in [0.5, 0.6) is 11.5 Å². The number of methoxy groups -OCH3 is 1. The van der Waals surface area contributed by atoms with E-state index in [1.165, 1.54) is 55.6 Å². The molecule has 3 aromatic carbocycles. The number of aromatic hydroxyl groups is 1. The number of aldehydes is 1. The maximum atomic E-state index is 12.3. The molecule has 0 atom stereocenters. The first-order valence-electron chi connectivity index (χ1n) is 9.23. The van der Waals surface area contributed by atoms with Gasteiger partial charge in [0.25, 0.3) is 10.1 Å². The number of urea groups is 1. The lowest BCUT2D eigenvalue weighted by Crippen LogP contribution is -2.19. The molecule has 0 aliphatic rings. The number of azo groups is 1. The van der Waals surface area contributed by atoms with Crippen LogP contribution in [0.2, 0.25) is 0 Å². The smallest absolute Gasteiger partial charge is 0.323 e. The summed E-state index contributed by atoms with van der Waals surface area (Å²) in [5.41, 5.74) is 1.20. The second-order valence-corrected chi connectivity index (χ2v) is 7.95. The number of carbonyl (C=O) groups is 2. The summed E-state index contributed by atoms with van der Waals surface area (Å²) in [6.07, 6.45) is 0.466. The number of nitrogens with zero attached hydrogens (tertiary/aromatic N) is 2. The maximum absolute atomic E-state index is 12.3. The molecule has 0 heterocycles. The topological polar surface area (TPSA) is 167 Å². The third-order valence-electron chi connectivity index (χ3n) is 4.24. The van der Waals surface area contributed by atoms with Gasteiger partial charge in [0, 0.05) is 11.8 Å². The largest absolute Gasteiger partial charge is 0.507 e. The highest BCUT2D eigenvalue weighted by atomic mass is 32.2. The number of ether oxygens (including phenoxy) is 1. The summed E-state index contributed by atoms with van der Waals surface area (Å²) in [5, 5.41) is 22.6. The molecule has 0 saturated carbocycles. The molecule has 4 N–H and O–H groups in total. The lowest BCUT2D eigenvalue weighted by Gasteiger charge is -2.12. The van der Waals surface area contributed by atoms with Crippen LogP contribution in [0.1, 0.15) is 10.4 Å². The van der Waals surface area contributed by atoms with Gasteiger partial charge in [-0.1, -0.05) is 6.07 Å². The van der Waals surface area contributed by atoms with Gasteiger partial charge in [-0.15, -0.1) is 0 Å². The van der Waals surface area contributed by atoms with Gasteiger partial charge in [0.1, 0.15) is 11.5 Å². The molecule has 0 spiro atoms. The first-order chi connectivity index (χ1) is 15.7. The molecule has 0 unspecified atom stereocenters. The molecule has 0 aromatic heterocycles. The van der Waals surface area contributed by atoms with Gasteiger partial charge < -0.3 is 20.5 Å². The van der Waals surface area contributed by atoms with Crippen LogP contribution in [0.25, 0.3) is 0 Å². The van der Waals surface area contributed by atoms with Crippen LogP contribution in [0.4, 0.5) is 27.5 Å². The van der Waals surface area contributed by atoms with Crippen LogP contribution in [0.3, 0.4) is 0 Å². The Morgan fingerprint density at radius 2 is 1.73 bits per heavy atom. The normalized spacial score (nSPS) is 11.2. The Labute approximate surface area is 188 Å². The number of hydrogen-bond donors (Lipinski definition) is 4. The first kappa shape index (κ1) is 23.4. The SMILES string of the molecule is COc1cc(N=Nc2cccc(S(=O)(=O)O)c2)ccc1NC(=O)Nc1ccc(O)c(C=O)c1. The Morgan fingerprint density at radius 1 is 1.00 bits per heavy atom. The number of phenolic OH excluding ortho intramolecular Hbond substituents is 1. The minimum atomic E-state index is -4.36. The fourth-order valence-corrected chi connectivity index (χ4v) is 3.20. The molecule has 3 aromatic rings. The van der Waals surface area contributed by atoms with Gasteiger partial charge in [-0.25, -0.2) is 4.79 Å². The van der Waals surface area contributed by atoms with Gasteiger partial charge in [-0.3, -0.25) is 9.35 Å². The number of amides is 2. The van der Waals surface area contributed by atoms with Gasteiger partial charge in [-0.2, -0.15) is 18.6 Å². The van der Waals surface area contributed by atoms with Crippen LogP contribution in [0.15, 0.2) is 75.8 Å². The van der Waals surface area contributed by atoms with E-state index in [0.29, 0.717) is 23.3 Å².